The zero-order chi connectivity index (χ0) is 11.5. The van der Waals surface area contributed by atoms with E-state index in [2.05, 4.69) is 4.74 Å². The minimum absolute atomic E-state index is 0.252. The summed E-state index contributed by atoms with van der Waals surface area (Å²) < 4.78 is 53.3. The van der Waals surface area contributed by atoms with Crippen molar-refractivity contribution in [3.8, 4) is 0 Å². The molecule has 5 heteroatoms. The summed E-state index contributed by atoms with van der Waals surface area (Å²) in [5.41, 5.74) is 0.381. The second kappa shape index (κ2) is 4.61. The van der Waals surface area contributed by atoms with Gasteiger partial charge in [0, 0.05) is 0 Å². The molecule has 1 aromatic rings. The van der Waals surface area contributed by atoms with Gasteiger partial charge >= 0.3 is 6.18 Å². The molecule has 0 aromatic heterocycles. The Morgan fingerprint density at radius 3 is 2.53 bits per heavy atom. The van der Waals surface area contributed by atoms with Crippen molar-refractivity contribution in [3.63, 3.8) is 0 Å². The van der Waals surface area contributed by atoms with E-state index < -0.39 is 18.1 Å². The van der Waals surface area contributed by atoms with Crippen LogP contribution in [0.5, 0.6) is 0 Å². The summed E-state index contributed by atoms with van der Waals surface area (Å²) in [6.45, 7) is 0.664. The Morgan fingerprint density at radius 1 is 1.33 bits per heavy atom. The number of ether oxygens (including phenoxy) is 1. The van der Waals surface area contributed by atoms with Crippen LogP contribution in [-0.4, -0.2) is 12.3 Å². The van der Waals surface area contributed by atoms with Crippen LogP contribution in [-0.2, 0) is 11.3 Å². The van der Waals surface area contributed by atoms with Crippen LogP contribution in [0.2, 0.25) is 0 Å². The third-order valence-corrected chi connectivity index (χ3v) is 1.85. The average molecular weight is 222 g/mol. The highest BCUT2D eigenvalue weighted by molar-refractivity contribution is 5.15. The maximum atomic E-state index is 12.6. The van der Waals surface area contributed by atoms with Gasteiger partial charge in [0.2, 0.25) is 0 Å². The molecule has 0 N–H and O–H groups in total. The lowest BCUT2D eigenvalue weighted by Crippen LogP contribution is -2.28. The van der Waals surface area contributed by atoms with Gasteiger partial charge in [-0.05, 0) is 24.6 Å². The Hall–Kier alpha value is -1.10. The highest BCUT2D eigenvalue weighted by atomic mass is 19.4. The molecule has 1 rings (SSSR count). The molecule has 15 heavy (non-hydrogen) atoms. The molecule has 0 aliphatic heterocycles. The summed E-state index contributed by atoms with van der Waals surface area (Å²) in [5, 5.41) is 0. The van der Waals surface area contributed by atoms with E-state index in [0.717, 1.165) is 13.0 Å². The molecule has 0 unspecified atom stereocenters. The van der Waals surface area contributed by atoms with Crippen molar-refractivity contribution in [1.82, 2.24) is 0 Å². The molecule has 0 heterocycles. The molecule has 0 aliphatic carbocycles. The second-order valence-corrected chi connectivity index (χ2v) is 3.12. The number of rotatable bonds is 3. The van der Waals surface area contributed by atoms with Crippen molar-refractivity contribution in [2.75, 3.05) is 0 Å². The topological polar surface area (TPSA) is 9.23 Å². The third kappa shape index (κ3) is 3.87. The maximum absolute atomic E-state index is 12.6. The fourth-order valence-corrected chi connectivity index (χ4v) is 0.942. The van der Waals surface area contributed by atoms with Crippen molar-refractivity contribution in [2.24, 2.45) is 0 Å². The molecule has 84 valence electrons. The molecule has 1 nitrogen and oxygen atoms in total. The number of halogens is 4. The number of alkyl halides is 3. The van der Waals surface area contributed by atoms with Crippen LogP contribution in [0.1, 0.15) is 12.5 Å². The molecule has 0 radical (unpaired) electrons. The van der Waals surface area contributed by atoms with Gasteiger partial charge in [0.15, 0.2) is 6.10 Å². The quantitative estimate of drug-likeness (QED) is 0.713. The summed E-state index contributed by atoms with van der Waals surface area (Å²) in [4.78, 5) is 0. The van der Waals surface area contributed by atoms with E-state index in [1.807, 2.05) is 0 Å². The van der Waals surface area contributed by atoms with Crippen LogP contribution in [0, 0.1) is 5.82 Å². The highest BCUT2D eigenvalue weighted by Gasteiger charge is 2.36. The van der Waals surface area contributed by atoms with E-state index in [-0.39, 0.29) is 6.61 Å². The van der Waals surface area contributed by atoms with Gasteiger partial charge in [-0.2, -0.15) is 13.2 Å². The fraction of sp³-hybridized carbons (Fsp3) is 0.400. The molecule has 0 bridgehead atoms. The summed E-state index contributed by atoms with van der Waals surface area (Å²) in [6.07, 6.45) is -6.23. The monoisotopic (exact) mass is 222 g/mol. The fourth-order valence-electron chi connectivity index (χ4n) is 0.942. The van der Waals surface area contributed by atoms with E-state index in [9.17, 15) is 17.6 Å². The van der Waals surface area contributed by atoms with Crippen LogP contribution in [0.3, 0.4) is 0 Å². The summed E-state index contributed by atoms with van der Waals surface area (Å²) >= 11 is 0. The highest BCUT2D eigenvalue weighted by Crippen LogP contribution is 2.23. The largest absolute Gasteiger partial charge is 0.414 e. The van der Waals surface area contributed by atoms with Crippen molar-refractivity contribution in [1.29, 1.82) is 0 Å². The third-order valence-electron chi connectivity index (χ3n) is 1.85. The zero-order valence-corrected chi connectivity index (χ0v) is 8.01. The lowest BCUT2D eigenvalue weighted by atomic mass is 10.2. The molecular weight excluding hydrogens is 212 g/mol. The van der Waals surface area contributed by atoms with Gasteiger partial charge in [-0.15, -0.1) is 0 Å². The lowest BCUT2D eigenvalue weighted by molar-refractivity contribution is -0.217. The van der Waals surface area contributed by atoms with Crippen LogP contribution in [0.4, 0.5) is 17.6 Å². The standard InChI is InChI=1S/C10H10F4O/c1-7(10(12,13)14)15-6-8-3-2-4-9(11)5-8/h2-5,7H,6H2,1H3/t7-/m1/s1. The van der Waals surface area contributed by atoms with Gasteiger partial charge in [0.25, 0.3) is 0 Å². The van der Waals surface area contributed by atoms with Crippen LogP contribution in [0.15, 0.2) is 24.3 Å². The molecular formula is C10H10F4O. The average Bonchev–Trinajstić information content (AvgIpc) is 2.12. The van der Waals surface area contributed by atoms with Crippen molar-refractivity contribution in [2.45, 2.75) is 25.8 Å². The van der Waals surface area contributed by atoms with Crippen molar-refractivity contribution in [3.05, 3.63) is 35.6 Å². The predicted molar refractivity (Wildman–Crippen MR) is 46.7 cm³/mol. The van der Waals surface area contributed by atoms with Gasteiger partial charge in [0.1, 0.15) is 5.82 Å². The van der Waals surface area contributed by atoms with Gasteiger partial charge in [-0.3, -0.25) is 0 Å². The molecule has 1 aromatic carbocycles. The van der Waals surface area contributed by atoms with E-state index in [4.69, 9.17) is 0 Å². The first-order valence-corrected chi connectivity index (χ1v) is 4.32. The second-order valence-electron chi connectivity index (χ2n) is 3.12. The minimum Gasteiger partial charge on any atom is -0.364 e. The number of hydrogen-bond donors (Lipinski definition) is 0. The number of benzene rings is 1. The zero-order valence-electron chi connectivity index (χ0n) is 8.01. The molecule has 0 spiro atoms. The van der Waals surface area contributed by atoms with Gasteiger partial charge in [-0.1, -0.05) is 12.1 Å². The normalized spacial score (nSPS) is 13.9. The van der Waals surface area contributed by atoms with Crippen LogP contribution >= 0.6 is 0 Å². The Labute approximate surface area is 84.7 Å². The molecule has 1 atom stereocenters. The van der Waals surface area contributed by atoms with E-state index >= 15 is 0 Å². The predicted octanol–water partition coefficient (Wildman–Crippen LogP) is 3.29. The first-order valence-electron chi connectivity index (χ1n) is 4.32. The Kier molecular flexibility index (Phi) is 3.68. The van der Waals surface area contributed by atoms with Gasteiger partial charge in [0.05, 0.1) is 6.61 Å². The summed E-state index contributed by atoms with van der Waals surface area (Å²) in [5.74, 6) is -0.490. The smallest absolute Gasteiger partial charge is 0.364 e. The number of hydrogen-bond acceptors (Lipinski definition) is 1. The Balaban J connectivity index is 2.51. The first kappa shape index (κ1) is 12.0. The van der Waals surface area contributed by atoms with Crippen LogP contribution in [0.25, 0.3) is 0 Å². The Bertz CT molecular complexity index is 321. The molecule has 0 fully saturated rings. The first-order chi connectivity index (χ1) is 6.89. The van der Waals surface area contributed by atoms with E-state index in [0.29, 0.717) is 5.56 Å². The van der Waals surface area contributed by atoms with Crippen molar-refractivity contribution >= 4 is 0 Å². The van der Waals surface area contributed by atoms with Gasteiger partial charge < -0.3 is 4.74 Å². The summed E-state index contributed by atoms with van der Waals surface area (Å²) in [7, 11) is 0. The molecule has 0 saturated heterocycles. The molecule has 0 saturated carbocycles. The van der Waals surface area contributed by atoms with E-state index in [1.165, 1.54) is 18.2 Å². The SMILES string of the molecule is C[C@@H](OCc1cccc(F)c1)C(F)(F)F. The molecule has 0 amide bonds. The van der Waals surface area contributed by atoms with Gasteiger partial charge in [-0.25, -0.2) is 4.39 Å². The summed E-state index contributed by atoms with van der Waals surface area (Å²) in [6, 6.07) is 5.29. The lowest BCUT2D eigenvalue weighted by Gasteiger charge is -2.16. The molecule has 0 aliphatic rings. The van der Waals surface area contributed by atoms with E-state index in [1.54, 1.807) is 0 Å². The van der Waals surface area contributed by atoms with Crippen LogP contribution < -0.4 is 0 Å². The Morgan fingerprint density at radius 2 is 2.00 bits per heavy atom. The van der Waals surface area contributed by atoms with Crippen molar-refractivity contribution < 1.29 is 22.3 Å². The minimum atomic E-state index is -4.38. The maximum Gasteiger partial charge on any atom is 0.414 e.